The van der Waals surface area contributed by atoms with Gasteiger partial charge in [0.15, 0.2) is 5.11 Å². The number of rotatable bonds is 6. The first-order chi connectivity index (χ1) is 14.1. The lowest BCUT2D eigenvalue weighted by atomic mass is 9.81. The van der Waals surface area contributed by atoms with Gasteiger partial charge in [0.05, 0.1) is 12.2 Å². The van der Waals surface area contributed by atoms with E-state index in [1.54, 1.807) is 11.3 Å². The lowest BCUT2D eigenvalue weighted by molar-refractivity contribution is 0.0526. The number of hydrogen-bond donors (Lipinski definition) is 3. The Labute approximate surface area is 188 Å². The maximum atomic E-state index is 12.9. The molecule has 0 saturated carbocycles. The molecule has 1 aromatic heterocycles. The molecule has 2 aromatic rings. The molecule has 1 aliphatic heterocycles. The first-order valence-corrected chi connectivity index (χ1v) is 11.6. The van der Waals surface area contributed by atoms with Gasteiger partial charge >= 0.3 is 5.97 Å². The predicted octanol–water partition coefficient (Wildman–Crippen LogP) is 4.61. The zero-order valence-corrected chi connectivity index (χ0v) is 20.0. The molecule has 0 saturated heterocycles. The molecule has 3 N–H and O–H groups in total. The molecule has 0 radical (unpaired) electrons. The van der Waals surface area contributed by atoms with Crippen molar-refractivity contribution in [2.45, 2.75) is 58.5 Å². The average molecular weight is 446 g/mol. The van der Waals surface area contributed by atoms with Crippen LogP contribution in [-0.4, -0.2) is 29.8 Å². The number of ether oxygens (including phenoxy) is 1. The molecule has 1 aliphatic rings. The van der Waals surface area contributed by atoms with Crippen molar-refractivity contribution in [2.24, 2.45) is 0 Å². The van der Waals surface area contributed by atoms with E-state index >= 15 is 0 Å². The number of thiophene rings is 1. The van der Waals surface area contributed by atoms with Gasteiger partial charge in [-0.25, -0.2) is 4.79 Å². The minimum absolute atomic E-state index is 0.121. The zero-order chi connectivity index (χ0) is 21.9. The zero-order valence-electron chi connectivity index (χ0n) is 18.3. The van der Waals surface area contributed by atoms with Crippen LogP contribution in [0.4, 0.5) is 5.00 Å². The van der Waals surface area contributed by atoms with E-state index in [0.29, 0.717) is 17.3 Å². The number of anilines is 1. The minimum Gasteiger partial charge on any atom is -0.462 e. The van der Waals surface area contributed by atoms with Crippen molar-refractivity contribution >= 4 is 39.6 Å². The van der Waals surface area contributed by atoms with Crippen molar-refractivity contribution in [3.05, 3.63) is 51.9 Å². The number of carbonyl (C=O) groups excluding carboxylic acids is 1. The first kappa shape index (κ1) is 22.7. The molecule has 0 amide bonds. The van der Waals surface area contributed by atoms with Crippen LogP contribution < -0.4 is 16.0 Å². The second kappa shape index (κ2) is 9.04. The van der Waals surface area contributed by atoms with Gasteiger partial charge in [0.2, 0.25) is 0 Å². The molecular formula is C23H31N3O2S2. The quantitative estimate of drug-likeness (QED) is 0.446. The van der Waals surface area contributed by atoms with Gasteiger partial charge in [-0.05, 0) is 70.8 Å². The third kappa shape index (κ3) is 5.20. The highest BCUT2D eigenvalue weighted by atomic mass is 32.1. The van der Waals surface area contributed by atoms with Crippen molar-refractivity contribution in [3.8, 4) is 0 Å². The number of fused-ring (bicyclic) bond motifs is 1. The van der Waals surface area contributed by atoms with E-state index in [9.17, 15) is 4.79 Å². The first-order valence-electron chi connectivity index (χ1n) is 10.3. The third-order valence-corrected chi connectivity index (χ3v) is 6.81. The summed E-state index contributed by atoms with van der Waals surface area (Å²) in [5.41, 5.74) is 2.56. The third-order valence-electron chi connectivity index (χ3n) is 5.09. The summed E-state index contributed by atoms with van der Waals surface area (Å²) in [6, 6.07) is 10.3. The van der Waals surface area contributed by atoms with E-state index < -0.39 is 0 Å². The Kier molecular flexibility index (Phi) is 6.84. The van der Waals surface area contributed by atoms with Crippen LogP contribution in [0.3, 0.4) is 0 Å². The van der Waals surface area contributed by atoms with Gasteiger partial charge in [0.25, 0.3) is 0 Å². The standard InChI is InChI=1S/C23H31N3O2S2/c1-6-28-20(27)17-16-14-22(2,3)26-23(4,5)18(16)30-19(17)25-21(29)24-13-12-15-10-8-7-9-11-15/h7-11,26H,6,12-14H2,1-5H3,(H2,24,25,29). The fourth-order valence-electron chi connectivity index (χ4n) is 4.15. The fraction of sp³-hybridized carbons (Fsp3) is 0.478. The largest absolute Gasteiger partial charge is 0.462 e. The maximum Gasteiger partial charge on any atom is 0.341 e. The summed E-state index contributed by atoms with van der Waals surface area (Å²) in [6.07, 6.45) is 1.63. The molecule has 0 spiro atoms. The Hall–Kier alpha value is -1.96. The van der Waals surface area contributed by atoms with E-state index in [0.717, 1.165) is 34.8 Å². The molecule has 3 rings (SSSR count). The molecule has 0 unspecified atom stereocenters. The molecule has 0 aliphatic carbocycles. The highest BCUT2D eigenvalue weighted by molar-refractivity contribution is 7.80. The number of hydrogen-bond acceptors (Lipinski definition) is 5. The molecule has 7 heteroatoms. The summed E-state index contributed by atoms with van der Waals surface area (Å²) >= 11 is 7.10. The second-order valence-corrected chi connectivity index (χ2v) is 10.2. The monoisotopic (exact) mass is 445 g/mol. The van der Waals surface area contributed by atoms with E-state index in [4.69, 9.17) is 17.0 Å². The molecule has 5 nitrogen and oxygen atoms in total. The van der Waals surface area contributed by atoms with E-state index in [1.165, 1.54) is 5.56 Å². The van der Waals surface area contributed by atoms with Gasteiger partial charge in [-0.15, -0.1) is 11.3 Å². The Balaban J connectivity index is 1.81. The van der Waals surface area contributed by atoms with Crippen LogP contribution in [0.1, 0.15) is 61.0 Å². The molecule has 0 atom stereocenters. The molecular weight excluding hydrogens is 414 g/mol. The fourth-order valence-corrected chi connectivity index (χ4v) is 5.69. The number of benzene rings is 1. The van der Waals surface area contributed by atoms with Crippen LogP contribution in [0.25, 0.3) is 0 Å². The number of esters is 1. The predicted molar refractivity (Wildman–Crippen MR) is 129 cm³/mol. The lowest BCUT2D eigenvalue weighted by Gasteiger charge is -2.42. The van der Waals surface area contributed by atoms with Gasteiger partial charge in [0, 0.05) is 22.5 Å². The Morgan fingerprint density at radius 2 is 1.93 bits per heavy atom. The van der Waals surface area contributed by atoms with Crippen LogP contribution >= 0.6 is 23.6 Å². The van der Waals surface area contributed by atoms with Gasteiger partial charge in [-0.1, -0.05) is 30.3 Å². The Bertz CT molecular complexity index is 920. The number of carbonyl (C=O) groups is 1. The van der Waals surface area contributed by atoms with E-state index in [-0.39, 0.29) is 17.0 Å². The van der Waals surface area contributed by atoms with Gasteiger partial charge in [-0.3, -0.25) is 0 Å². The maximum absolute atomic E-state index is 12.9. The van der Waals surface area contributed by atoms with Crippen LogP contribution in [0, 0.1) is 0 Å². The topological polar surface area (TPSA) is 62.4 Å². The van der Waals surface area contributed by atoms with Gasteiger partial charge in [-0.2, -0.15) is 0 Å². The Morgan fingerprint density at radius 1 is 1.23 bits per heavy atom. The second-order valence-electron chi connectivity index (χ2n) is 8.76. The summed E-state index contributed by atoms with van der Waals surface area (Å²) in [4.78, 5) is 14.0. The number of thiocarbonyl (C=S) groups is 1. The summed E-state index contributed by atoms with van der Waals surface area (Å²) in [6.45, 7) is 11.5. The molecule has 162 valence electrons. The van der Waals surface area contributed by atoms with E-state index in [2.05, 4.69) is 55.8 Å². The highest BCUT2D eigenvalue weighted by Gasteiger charge is 2.42. The van der Waals surface area contributed by atoms with Crippen molar-refractivity contribution in [3.63, 3.8) is 0 Å². The SMILES string of the molecule is CCOC(=O)c1c(NC(=S)NCCc2ccccc2)sc2c1CC(C)(C)NC2(C)C. The van der Waals surface area contributed by atoms with Crippen LogP contribution in [0.2, 0.25) is 0 Å². The Morgan fingerprint density at radius 3 is 2.60 bits per heavy atom. The molecule has 30 heavy (non-hydrogen) atoms. The normalized spacial score (nSPS) is 16.4. The van der Waals surface area contributed by atoms with Gasteiger partial charge < -0.3 is 20.7 Å². The van der Waals surface area contributed by atoms with Crippen molar-refractivity contribution in [1.82, 2.24) is 10.6 Å². The van der Waals surface area contributed by atoms with Crippen molar-refractivity contribution < 1.29 is 9.53 Å². The van der Waals surface area contributed by atoms with E-state index in [1.807, 2.05) is 25.1 Å². The molecule has 2 heterocycles. The van der Waals surface area contributed by atoms with Crippen molar-refractivity contribution in [1.29, 1.82) is 0 Å². The minimum atomic E-state index is -0.293. The number of nitrogens with one attached hydrogen (secondary N) is 3. The summed E-state index contributed by atoms with van der Waals surface area (Å²) in [5, 5.41) is 11.5. The van der Waals surface area contributed by atoms with Crippen LogP contribution in [0.5, 0.6) is 0 Å². The van der Waals surface area contributed by atoms with Gasteiger partial charge in [0.1, 0.15) is 5.00 Å². The van der Waals surface area contributed by atoms with Crippen molar-refractivity contribution in [2.75, 3.05) is 18.5 Å². The molecule has 1 aromatic carbocycles. The molecule has 0 bridgehead atoms. The summed E-state index contributed by atoms with van der Waals surface area (Å²) < 4.78 is 5.39. The summed E-state index contributed by atoms with van der Waals surface area (Å²) in [5.74, 6) is -0.293. The smallest absolute Gasteiger partial charge is 0.341 e. The van der Waals surface area contributed by atoms with Crippen LogP contribution in [0.15, 0.2) is 30.3 Å². The lowest BCUT2D eigenvalue weighted by Crippen LogP contribution is -2.55. The molecule has 0 fully saturated rings. The average Bonchev–Trinajstić information content (AvgIpc) is 2.99. The summed E-state index contributed by atoms with van der Waals surface area (Å²) in [7, 11) is 0. The highest BCUT2D eigenvalue weighted by Crippen LogP contribution is 2.45. The van der Waals surface area contributed by atoms with Crippen LogP contribution in [-0.2, 0) is 23.1 Å².